The van der Waals surface area contributed by atoms with Crippen molar-refractivity contribution >= 4 is 17.9 Å². The summed E-state index contributed by atoms with van der Waals surface area (Å²) in [5, 5.41) is 0. The van der Waals surface area contributed by atoms with Gasteiger partial charge in [0, 0.05) is 12.8 Å². The molecule has 6 nitrogen and oxygen atoms in total. The van der Waals surface area contributed by atoms with Crippen molar-refractivity contribution in [3.8, 4) is 0 Å². The van der Waals surface area contributed by atoms with Crippen LogP contribution in [0.5, 0.6) is 0 Å². The van der Waals surface area contributed by atoms with E-state index in [2.05, 4.69) is 106 Å². The van der Waals surface area contributed by atoms with E-state index in [1.807, 2.05) is 6.08 Å². The lowest BCUT2D eigenvalue weighted by molar-refractivity contribution is -0.166. The molecule has 0 N–H and O–H groups in total. The van der Waals surface area contributed by atoms with Gasteiger partial charge < -0.3 is 14.2 Å². The Labute approximate surface area is 445 Å². The normalized spacial score (nSPS) is 12.8. The molecule has 0 bridgehead atoms. The highest BCUT2D eigenvalue weighted by Gasteiger charge is 2.19. The molecule has 72 heavy (non-hydrogen) atoms. The standard InChI is InChI=1S/C66H112O6/c1-4-7-10-13-16-19-22-25-28-29-30-31-32-33-34-35-36-39-41-44-47-50-53-56-59-65(68)71-62-63(72-66(69)60-57-54-51-48-45-42-38-27-24-21-18-15-12-9-6-3)61-70-64(67)58-55-52-49-46-43-40-37-26-23-20-17-14-11-8-5-2/h8-9,11-12,17-18,20-21,26-27,37-38,45,48,54,57,63H,4-7,10,13-16,19,22-25,28-36,39-44,46-47,49-53,55-56,58-62H2,1-3H3/b11-8-,12-9-,20-17-,21-18-,37-26-,38-27-,48-45-,57-54-. The van der Waals surface area contributed by atoms with E-state index in [9.17, 15) is 14.4 Å². The summed E-state index contributed by atoms with van der Waals surface area (Å²) in [6.07, 6.45) is 80.2. The van der Waals surface area contributed by atoms with E-state index < -0.39 is 12.1 Å². The van der Waals surface area contributed by atoms with E-state index in [1.165, 1.54) is 135 Å². The Hall–Kier alpha value is -3.67. The van der Waals surface area contributed by atoms with E-state index >= 15 is 0 Å². The Morgan fingerprint density at radius 1 is 0.306 bits per heavy atom. The maximum absolute atomic E-state index is 12.8. The summed E-state index contributed by atoms with van der Waals surface area (Å²) in [5.74, 6) is -1.06. The van der Waals surface area contributed by atoms with Crippen molar-refractivity contribution in [2.45, 2.75) is 290 Å². The second-order valence-electron chi connectivity index (χ2n) is 19.9. The van der Waals surface area contributed by atoms with Crippen LogP contribution in [0.1, 0.15) is 284 Å². The molecule has 412 valence electrons. The van der Waals surface area contributed by atoms with Gasteiger partial charge >= 0.3 is 17.9 Å². The molecule has 0 rings (SSSR count). The maximum atomic E-state index is 12.8. The second kappa shape index (κ2) is 59.9. The molecule has 0 heterocycles. The smallest absolute Gasteiger partial charge is 0.310 e. The van der Waals surface area contributed by atoms with Crippen LogP contribution in [0.2, 0.25) is 0 Å². The van der Waals surface area contributed by atoms with E-state index in [0.717, 1.165) is 109 Å². The SMILES string of the molecule is CC/C=C\C/C=C\C/C=C\C/C=C\C/C=C\CC(=O)OC(COC(=O)CCCCCCC/C=C\C/C=C\C/C=C\CC)COC(=O)CCCCCCCCCCCCCCCCCCCCCCCCCC. The summed E-state index contributed by atoms with van der Waals surface area (Å²) in [5.41, 5.74) is 0. The Morgan fingerprint density at radius 2 is 0.583 bits per heavy atom. The molecule has 0 aliphatic carbocycles. The molecule has 0 saturated carbocycles. The number of hydrogen-bond acceptors (Lipinski definition) is 6. The van der Waals surface area contributed by atoms with Crippen LogP contribution in [-0.4, -0.2) is 37.2 Å². The third-order valence-corrected chi connectivity index (χ3v) is 12.9. The van der Waals surface area contributed by atoms with Gasteiger partial charge in [0.1, 0.15) is 13.2 Å². The summed E-state index contributed by atoms with van der Waals surface area (Å²) in [6, 6.07) is 0. The largest absolute Gasteiger partial charge is 0.462 e. The predicted molar refractivity (Wildman–Crippen MR) is 311 cm³/mol. The van der Waals surface area contributed by atoms with Gasteiger partial charge in [-0.2, -0.15) is 0 Å². The Kier molecular flexibility index (Phi) is 56.8. The molecular weight excluding hydrogens is 889 g/mol. The maximum Gasteiger partial charge on any atom is 0.310 e. The zero-order chi connectivity index (χ0) is 52.2. The van der Waals surface area contributed by atoms with Gasteiger partial charge in [0.05, 0.1) is 6.42 Å². The van der Waals surface area contributed by atoms with Crippen LogP contribution in [0, 0.1) is 0 Å². The first-order valence-electron chi connectivity index (χ1n) is 30.2. The fourth-order valence-electron chi connectivity index (χ4n) is 8.42. The van der Waals surface area contributed by atoms with Crippen LogP contribution >= 0.6 is 0 Å². The first kappa shape index (κ1) is 68.3. The molecule has 1 atom stereocenters. The van der Waals surface area contributed by atoms with Crippen LogP contribution in [0.25, 0.3) is 0 Å². The van der Waals surface area contributed by atoms with Gasteiger partial charge in [-0.25, -0.2) is 0 Å². The van der Waals surface area contributed by atoms with E-state index in [-0.39, 0.29) is 31.6 Å². The summed E-state index contributed by atoms with van der Waals surface area (Å²) in [4.78, 5) is 38.1. The van der Waals surface area contributed by atoms with E-state index in [0.29, 0.717) is 12.8 Å². The zero-order valence-corrected chi connectivity index (χ0v) is 47.2. The molecular formula is C66H112O6. The molecule has 0 fully saturated rings. The van der Waals surface area contributed by atoms with Crippen LogP contribution in [-0.2, 0) is 28.6 Å². The van der Waals surface area contributed by atoms with Gasteiger partial charge in [0.15, 0.2) is 6.10 Å². The number of unbranched alkanes of at least 4 members (excludes halogenated alkanes) is 28. The highest BCUT2D eigenvalue weighted by atomic mass is 16.6. The number of ether oxygens (including phenoxy) is 3. The molecule has 0 spiro atoms. The minimum absolute atomic E-state index is 0.0925. The van der Waals surface area contributed by atoms with Gasteiger partial charge in [0.2, 0.25) is 0 Å². The fraction of sp³-hybridized carbons (Fsp3) is 0.712. The van der Waals surface area contributed by atoms with Crippen LogP contribution in [0.15, 0.2) is 97.2 Å². The first-order valence-corrected chi connectivity index (χ1v) is 30.2. The third-order valence-electron chi connectivity index (χ3n) is 12.9. The van der Waals surface area contributed by atoms with Crippen LogP contribution in [0.3, 0.4) is 0 Å². The van der Waals surface area contributed by atoms with Gasteiger partial charge in [-0.3, -0.25) is 14.4 Å². The van der Waals surface area contributed by atoms with Crippen LogP contribution < -0.4 is 0 Å². The highest BCUT2D eigenvalue weighted by molar-refractivity contribution is 5.72. The quantitative estimate of drug-likeness (QED) is 0.0261. The molecule has 0 aliphatic heterocycles. The summed E-state index contributed by atoms with van der Waals surface area (Å²) >= 11 is 0. The molecule has 0 aromatic heterocycles. The van der Waals surface area contributed by atoms with Gasteiger partial charge in [-0.15, -0.1) is 0 Å². The molecule has 0 aliphatic rings. The number of hydrogen-bond donors (Lipinski definition) is 0. The van der Waals surface area contributed by atoms with Gasteiger partial charge in [-0.05, 0) is 77.0 Å². The molecule has 0 radical (unpaired) electrons. The predicted octanol–water partition coefficient (Wildman–Crippen LogP) is 20.5. The van der Waals surface area contributed by atoms with Crippen LogP contribution in [0.4, 0.5) is 0 Å². The van der Waals surface area contributed by atoms with Crippen molar-refractivity contribution in [3.05, 3.63) is 97.2 Å². The number of carbonyl (C=O) groups excluding carboxylic acids is 3. The number of carbonyl (C=O) groups is 3. The van der Waals surface area contributed by atoms with Crippen molar-refractivity contribution in [1.82, 2.24) is 0 Å². The van der Waals surface area contributed by atoms with Crippen molar-refractivity contribution in [1.29, 1.82) is 0 Å². The van der Waals surface area contributed by atoms with Crippen molar-refractivity contribution in [3.63, 3.8) is 0 Å². The third kappa shape index (κ3) is 57.2. The second-order valence-corrected chi connectivity index (χ2v) is 19.9. The lowest BCUT2D eigenvalue weighted by Crippen LogP contribution is -2.30. The number of esters is 3. The fourth-order valence-corrected chi connectivity index (χ4v) is 8.42. The molecule has 0 aromatic rings. The Morgan fingerprint density at radius 3 is 0.917 bits per heavy atom. The molecule has 1 unspecified atom stereocenters. The van der Waals surface area contributed by atoms with Crippen molar-refractivity contribution in [2.24, 2.45) is 0 Å². The van der Waals surface area contributed by atoms with Gasteiger partial charge in [-0.1, -0.05) is 285 Å². The molecule has 0 amide bonds. The first-order chi connectivity index (χ1) is 35.5. The number of allylic oxidation sites excluding steroid dienone is 15. The van der Waals surface area contributed by atoms with E-state index in [1.54, 1.807) is 6.08 Å². The summed E-state index contributed by atoms with van der Waals surface area (Å²) < 4.78 is 16.8. The lowest BCUT2D eigenvalue weighted by Gasteiger charge is -2.18. The van der Waals surface area contributed by atoms with Crippen molar-refractivity contribution < 1.29 is 28.6 Å². The average molecular weight is 1000 g/mol. The minimum Gasteiger partial charge on any atom is -0.462 e. The number of rotatable bonds is 54. The summed E-state index contributed by atoms with van der Waals surface area (Å²) in [7, 11) is 0. The lowest BCUT2D eigenvalue weighted by atomic mass is 10.0. The van der Waals surface area contributed by atoms with E-state index in [4.69, 9.17) is 14.2 Å². The molecule has 0 aromatic carbocycles. The monoisotopic (exact) mass is 1000 g/mol. The zero-order valence-electron chi connectivity index (χ0n) is 47.2. The molecule has 6 heteroatoms. The minimum atomic E-state index is -0.839. The summed E-state index contributed by atoms with van der Waals surface area (Å²) in [6.45, 7) is 6.34. The molecule has 0 saturated heterocycles. The highest BCUT2D eigenvalue weighted by Crippen LogP contribution is 2.17. The van der Waals surface area contributed by atoms with Gasteiger partial charge in [0.25, 0.3) is 0 Å². The Balaban J connectivity index is 4.38. The topological polar surface area (TPSA) is 78.9 Å². The Bertz CT molecular complexity index is 1430. The average Bonchev–Trinajstić information content (AvgIpc) is 3.38. The van der Waals surface area contributed by atoms with Crippen molar-refractivity contribution in [2.75, 3.05) is 13.2 Å².